The standard InChI is InChI=1S/C13H17FN2O3/c1-13(5-2-6-19-7-13)16-9-4-3-8(14)11(15)10(9)12(17)18/h3-4,16H,2,5-7,15H2,1H3,(H,17,18). The zero-order chi connectivity index (χ0) is 14.0. The Hall–Kier alpha value is -1.82. The molecule has 0 bridgehead atoms. The van der Waals surface area contributed by atoms with Crippen LogP contribution in [0.25, 0.3) is 0 Å². The number of nitrogen functional groups attached to an aromatic ring is 1. The van der Waals surface area contributed by atoms with Crippen LogP contribution >= 0.6 is 0 Å². The number of carboxylic acid groups (broad SMARTS) is 1. The van der Waals surface area contributed by atoms with Crippen LogP contribution in [0.5, 0.6) is 0 Å². The molecule has 1 fully saturated rings. The van der Waals surface area contributed by atoms with Gasteiger partial charge >= 0.3 is 5.97 Å². The quantitative estimate of drug-likeness (QED) is 0.731. The Kier molecular flexibility index (Phi) is 3.61. The van der Waals surface area contributed by atoms with E-state index in [1.165, 1.54) is 6.07 Å². The highest BCUT2D eigenvalue weighted by Crippen LogP contribution is 2.30. The summed E-state index contributed by atoms with van der Waals surface area (Å²) in [5.74, 6) is -1.98. The molecule has 104 valence electrons. The lowest BCUT2D eigenvalue weighted by Gasteiger charge is -2.35. The minimum atomic E-state index is -1.25. The summed E-state index contributed by atoms with van der Waals surface area (Å²) in [6.07, 6.45) is 1.74. The molecule has 1 saturated heterocycles. The summed E-state index contributed by atoms with van der Waals surface area (Å²) in [6, 6.07) is 2.56. The molecule has 0 spiro atoms. The molecule has 1 aromatic rings. The van der Waals surface area contributed by atoms with E-state index >= 15 is 0 Å². The third-order valence-corrected chi connectivity index (χ3v) is 3.28. The second-order valence-corrected chi connectivity index (χ2v) is 5.03. The molecule has 19 heavy (non-hydrogen) atoms. The molecule has 1 atom stereocenters. The first-order chi connectivity index (χ1) is 8.93. The first-order valence-electron chi connectivity index (χ1n) is 6.10. The largest absolute Gasteiger partial charge is 0.478 e. The first-order valence-corrected chi connectivity index (χ1v) is 6.10. The molecule has 0 amide bonds. The molecule has 1 unspecified atom stereocenters. The zero-order valence-electron chi connectivity index (χ0n) is 10.7. The Balaban J connectivity index is 2.34. The molecular weight excluding hydrogens is 251 g/mol. The van der Waals surface area contributed by atoms with E-state index in [-0.39, 0.29) is 16.8 Å². The van der Waals surface area contributed by atoms with E-state index < -0.39 is 11.8 Å². The van der Waals surface area contributed by atoms with E-state index in [9.17, 15) is 9.18 Å². The van der Waals surface area contributed by atoms with Crippen LogP contribution in [0.1, 0.15) is 30.1 Å². The highest BCUT2D eigenvalue weighted by Gasteiger charge is 2.29. The summed E-state index contributed by atoms with van der Waals surface area (Å²) in [5.41, 5.74) is 4.88. The van der Waals surface area contributed by atoms with Crippen molar-refractivity contribution in [3.05, 3.63) is 23.5 Å². The highest BCUT2D eigenvalue weighted by molar-refractivity contribution is 6.00. The van der Waals surface area contributed by atoms with Crippen LogP contribution in [-0.2, 0) is 4.74 Å². The van der Waals surface area contributed by atoms with E-state index in [4.69, 9.17) is 15.6 Å². The van der Waals surface area contributed by atoms with Crippen molar-refractivity contribution in [1.29, 1.82) is 0 Å². The van der Waals surface area contributed by atoms with Gasteiger partial charge in [0.1, 0.15) is 11.4 Å². The molecule has 5 nitrogen and oxygen atoms in total. The van der Waals surface area contributed by atoms with Gasteiger partial charge in [0.25, 0.3) is 0 Å². The van der Waals surface area contributed by atoms with Gasteiger partial charge in [0.2, 0.25) is 0 Å². The van der Waals surface area contributed by atoms with Crippen molar-refractivity contribution in [3.63, 3.8) is 0 Å². The Labute approximate surface area is 110 Å². The normalized spacial score (nSPS) is 23.1. The number of benzene rings is 1. The van der Waals surface area contributed by atoms with Gasteiger partial charge in [-0.2, -0.15) is 0 Å². The van der Waals surface area contributed by atoms with E-state index in [2.05, 4.69) is 5.32 Å². The lowest BCUT2D eigenvalue weighted by molar-refractivity contribution is 0.0538. The van der Waals surface area contributed by atoms with Gasteiger partial charge in [-0.25, -0.2) is 9.18 Å². The summed E-state index contributed by atoms with van der Waals surface area (Å²) in [4.78, 5) is 11.2. The van der Waals surface area contributed by atoms with Gasteiger partial charge in [-0.3, -0.25) is 0 Å². The second kappa shape index (κ2) is 5.05. The number of hydrogen-bond donors (Lipinski definition) is 3. The Morgan fingerprint density at radius 1 is 1.58 bits per heavy atom. The number of hydrogen-bond acceptors (Lipinski definition) is 4. The van der Waals surface area contributed by atoms with Crippen LogP contribution in [-0.4, -0.2) is 29.8 Å². The van der Waals surface area contributed by atoms with Crippen LogP contribution in [0.15, 0.2) is 12.1 Å². The van der Waals surface area contributed by atoms with Gasteiger partial charge in [0.05, 0.1) is 23.5 Å². The van der Waals surface area contributed by atoms with Crippen LogP contribution in [0.2, 0.25) is 0 Å². The van der Waals surface area contributed by atoms with Gasteiger partial charge in [-0.05, 0) is 31.9 Å². The topological polar surface area (TPSA) is 84.6 Å². The van der Waals surface area contributed by atoms with Gasteiger partial charge in [-0.1, -0.05) is 0 Å². The van der Waals surface area contributed by atoms with Crippen LogP contribution in [0.4, 0.5) is 15.8 Å². The minimum Gasteiger partial charge on any atom is -0.478 e. The number of nitrogens with one attached hydrogen (secondary N) is 1. The number of aromatic carboxylic acids is 1. The highest BCUT2D eigenvalue weighted by atomic mass is 19.1. The fraction of sp³-hybridized carbons (Fsp3) is 0.462. The molecule has 1 heterocycles. The summed E-state index contributed by atoms with van der Waals surface area (Å²) in [7, 11) is 0. The SMILES string of the molecule is CC1(Nc2ccc(F)c(N)c2C(=O)O)CCCOC1. The molecule has 1 aromatic carbocycles. The summed E-state index contributed by atoms with van der Waals surface area (Å²) >= 11 is 0. The molecule has 0 saturated carbocycles. The molecular formula is C13H17FN2O3. The average molecular weight is 268 g/mol. The van der Waals surface area contributed by atoms with E-state index in [1.807, 2.05) is 6.92 Å². The van der Waals surface area contributed by atoms with Crippen LogP contribution in [0, 0.1) is 5.82 Å². The fourth-order valence-corrected chi connectivity index (χ4v) is 2.29. The second-order valence-electron chi connectivity index (χ2n) is 5.03. The van der Waals surface area contributed by atoms with Crippen LogP contribution in [0.3, 0.4) is 0 Å². The van der Waals surface area contributed by atoms with Crippen LogP contribution < -0.4 is 11.1 Å². The summed E-state index contributed by atoms with van der Waals surface area (Å²) < 4.78 is 18.7. The fourth-order valence-electron chi connectivity index (χ4n) is 2.29. The molecule has 1 aliphatic heterocycles. The number of carbonyl (C=O) groups is 1. The van der Waals surface area contributed by atoms with Gasteiger partial charge in [0, 0.05) is 6.61 Å². The predicted octanol–water partition coefficient (Wildman–Crippen LogP) is 2.09. The molecule has 2 rings (SSSR count). The summed E-state index contributed by atoms with van der Waals surface area (Å²) in [6.45, 7) is 3.12. The van der Waals surface area contributed by atoms with Crippen molar-refractivity contribution < 1.29 is 19.0 Å². The van der Waals surface area contributed by atoms with Gasteiger partial charge in [0.15, 0.2) is 0 Å². The maximum absolute atomic E-state index is 13.4. The molecule has 0 aliphatic carbocycles. The Morgan fingerprint density at radius 2 is 2.32 bits per heavy atom. The third kappa shape index (κ3) is 2.78. The number of nitrogens with two attached hydrogens (primary N) is 1. The van der Waals surface area contributed by atoms with Crippen molar-refractivity contribution >= 4 is 17.3 Å². The Bertz CT molecular complexity index is 499. The minimum absolute atomic E-state index is 0.230. The monoisotopic (exact) mass is 268 g/mol. The van der Waals surface area contributed by atoms with E-state index in [1.54, 1.807) is 0 Å². The zero-order valence-corrected chi connectivity index (χ0v) is 10.7. The lowest BCUT2D eigenvalue weighted by Crippen LogP contribution is -2.43. The van der Waals surface area contributed by atoms with E-state index in [0.717, 1.165) is 18.9 Å². The van der Waals surface area contributed by atoms with Crippen molar-refractivity contribution in [2.75, 3.05) is 24.3 Å². The van der Waals surface area contributed by atoms with E-state index in [0.29, 0.717) is 18.9 Å². The van der Waals surface area contributed by atoms with Crippen molar-refractivity contribution in [1.82, 2.24) is 0 Å². The first kappa shape index (κ1) is 13.6. The third-order valence-electron chi connectivity index (χ3n) is 3.28. The maximum atomic E-state index is 13.4. The molecule has 1 aliphatic rings. The molecule has 0 radical (unpaired) electrons. The number of carboxylic acids is 1. The number of anilines is 2. The molecule has 4 N–H and O–H groups in total. The maximum Gasteiger partial charge on any atom is 0.340 e. The molecule has 0 aromatic heterocycles. The average Bonchev–Trinajstić information content (AvgIpc) is 2.34. The Morgan fingerprint density at radius 3 is 2.89 bits per heavy atom. The summed E-state index contributed by atoms with van der Waals surface area (Å²) in [5, 5.41) is 12.3. The van der Waals surface area contributed by atoms with Gasteiger partial charge in [-0.15, -0.1) is 0 Å². The van der Waals surface area contributed by atoms with Crippen molar-refractivity contribution in [3.8, 4) is 0 Å². The van der Waals surface area contributed by atoms with Gasteiger partial charge < -0.3 is 20.9 Å². The predicted molar refractivity (Wildman–Crippen MR) is 69.9 cm³/mol. The number of rotatable bonds is 3. The lowest BCUT2D eigenvalue weighted by atomic mass is 9.94. The van der Waals surface area contributed by atoms with Crippen molar-refractivity contribution in [2.24, 2.45) is 0 Å². The smallest absolute Gasteiger partial charge is 0.340 e. The number of ether oxygens (including phenoxy) is 1. The number of halogens is 1. The van der Waals surface area contributed by atoms with Crippen molar-refractivity contribution in [2.45, 2.75) is 25.3 Å². The molecule has 6 heteroatoms.